The molecule has 3 aromatic rings. The van der Waals surface area contributed by atoms with Gasteiger partial charge in [0.1, 0.15) is 5.52 Å². The van der Waals surface area contributed by atoms with Crippen molar-refractivity contribution < 1.29 is 14.0 Å². The predicted molar refractivity (Wildman–Crippen MR) is 104 cm³/mol. The minimum absolute atomic E-state index is 0.160. The first-order chi connectivity index (χ1) is 13.7. The second-order valence-corrected chi connectivity index (χ2v) is 6.96. The number of nitrogens with zero attached hydrogens (tertiary/aromatic N) is 2. The van der Waals surface area contributed by atoms with Gasteiger partial charge >= 0.3 is 0 Å². The van der Waals surface area contributed by atoms with E-state index in [4.69, 9.17) is 4.42 Å². The number of para-hydroxylation sites is 2. The van der Waals surface area contributed by atoms with Gasteiger partial charge in [-0.2, -0.15) is 0 Å². The number of likely N-dealkylation sites (tertiary alicyclic amines) is 1. The number of rotatable bonds is 4. The Balaban J connectivity index is 1.31. The third-order valence-corrected chi connectivity index (χ3v) is 4.88. The van der Waals surface area contributed by atoms with Gasteiger partial charge in [-0.1, -0.05) is 30.3 Å². The summed E-state index contributed by atoms with van der Waals surface area (Å²) in [5.74, 6) is 0.302. The van der Waals surface area contributed by atoms with Gasteiger partial charge in [-0.15, -0.1) is 0 Å². The average Bonchev–Trinajstić information content (AvgIpc) is 3.17. The fourth-order valence-electron chi connectivity index (χ4n) is 3.50. The summed E-state index contributed by atoms with van der Waals surface area (Å²) in [4.78, 5) is 30.9. The van der Waals surface area contributed by atoms with Gasteiger partial charge in [-0.05, 0) is 43.7 Å². The Morgan fingerprint density at radius 1 is 1.07 bits per heavy atom. The zero-order valence-corrected chi connectivity index (χ0v) is 15.4. The van der Waals surface area contributed by atoms with E-state index in [0.717, 1.165) is 36.4 Å². The van der Waals surface area contributed by atoms with Gasteiger partial charge in [-0.25, -0.2) is 4.98 Å². The van der Waals surface area contributed by atoms with Crippen LogP contribution in [0.1, 0.15) is 35.0 Å². The molecule has 1 fully saturated rings. The van der Waals surface area contributed by atoms with Crippen molar-refractivity contribution in [1.82, 2.24) is 20.7 Å². The van der Waals surface area contributed by atoms with E-state index in [9.17, 15) is 9.59 Å². The molecule has 0 spiro atoms. The Morgan fingerprint density at radius 2 is 1.86 bits per heavy atom. The van der Waals surface area contributed by atoms with Crippen LogP contribution >= 0.6 is 0 Å². The smallest absolute Gasteiger partial charge is 0.269 e. The highest BCUT2D eigenvalue weighted by Gasteiger charge is 2.26. The highest BCUT2D eigenvalue weighted by atomic mass is 16.3. The number of benzene rings is 2. The number of carbonyl (C=O) groups is 2. The predicted octanol–water partition coefficient (Wildman–Crippen LogP) is 2.47. The standard InChI is InChI=1S/C21H22N4O3/c26-19(23-24-20(27)15-7-2-1-3-8-15)14-25-12-6-9-16(13-25)21-22-17-10-4-5-11-18(17)28-21/h1-5,7-8,10-11,16H,6,9,12-14H2,(H,23,26)(H,24,27). The van der Waals surface area contributed by atoms with E-state index in [2.05, 4.69) is 20.7 Å². The number of piperidine rings is 1. The number of hydrogen-bond donors (Lipinski definition) is 2. The van der Waals surface area contributed by atoms with Crippen molar-refractivity contribution >= 4 is 22.9 Å². The Labute approximate surface area is 162 Å². The SMILES string of the molecule is O=C(CN1CCCC(c2nc3ccccc3o2)C1)NNC(=O)c1ccccc1. The summed E-state index contributed by atoms with van der Waals surface area (Å²) in [6.45, 7) is 1.75. The maximum absolute atomic E-state index is 12.2. The Bertz CT molecular complexity index is 937. The lowest BCUT2D eigenvalue weighted by Crippen LogP contribution is -2.48. The summed E-state index contributed by atoms with van der Waals surface area (Å²) in [5, 5.41) is 0. The zero-order valence-electron chi connectivity index (χ0n) is 15.4. The van der Waals surface area contributed by atoms with E-state index in [1.807, 2.05) is 30.3 Å². The number of oxazole rings is 1. The molecule has 7 heteroatoms. The summed E-state index contributed by atoms with van der Waals surface area (Å²) < 4.78 is 5.89. The molecule has 28 heavy (non-hydrogen) atoms. The molecule has 4 rings (SSSR count). The van der Waals surface area contributed by atoms with Crippen LogP contribution in [0.25, 0.3) is 11.1 Å². The quantitative estimate of drug-likeness (QED) is 0.681. The minimum atomic E-state index is -0.336. The molecule has 0 radical (unpaired) electrons. The number of carbonyl (C=O) groups excluding carboxylic acids is 2. The molecule has 1 atom stereocenters. The van der Waals surface area contributed by atoms with Gasteiger partial charge < -0.3 is 4.42 Å². The van der Waals surface area contributed by atoms with Crippen LogP contribution in [0.3, 0.4) is 0 Å². The van der Waals surface area contributed by atoms with Crippen LogP contribution in [0.5, 0.6) is 0 Å². The minimum Gasteiger partial charge on any atom is -0.440 e. The molecule has 0 bridgehead atoms. The molecule has 1 aliphatic heterocycles. The molecule has 1 saturated heterocycles. The van der Waals surface area contributed by atoms with Crippen molar-refractivity contribution in [2.24, 2.45) is 0 Å². The Kier molecular flexibility index (Phi) is 5.34. The van der Waals surface area contributed by atoms with Crippen LogP contribution in [-0.2, 0) is 4.79 Å². The Morgan fingerprint density at radius 3 is 2.68 bits per heavy atom. The van der Waals surface area contributed by atoms with Gasteiger partial charge in [0.2, 0.25) is 0 Å². The topological polar surface area (TPSA) is 87.5 Å². The molecular formula is C21H22N4O3. The third-order valence-electron chi connectivity index (χ3n) is 4.88. The molecule has 2 N–H and O–H groups in total. The first kappa shape index (κ1) is 18.2. The summed E-state index contributed by atoms with van der Waals surface area (Å²) >= 11 is 0. The van der Waals surface area contributed by atoms with Gasteiger partial charge in [0.05, 0.1) is 6.54 Å². The van der Waals surface area contributed by atoms with Gasteiger partial charge in [0.25, 0.3) is 11.8 Å². The zero-order chi connectivity index (χ0) is 19.3. The van der Waals surface area contributed by atoms with Crippen LogP contribution in [0.2, 0.25) is 0 Å². The van der Waals surface area contributed by atoms with E-state index in [1.54, 1.807) is 24.3 Å². The maximum Gasteiger partial charge on any atom is 0.269 e. The lowest BCUT2D eigenvalue weighted by Gasteiger charge is -2.30. The molecule has 2 aromatic carbocycles. The average molecular weight is 378 g/mol. The van der Waals surface area contributed by atoms with Crippen molar-refractivity contribution in [3.05, 3.63) is 66.1 Å². The van der Waals surface area contributed by atoms with E-state index < -0.39 is 0 Å². The van der Waals surface area contributed by atoms with Gasteiger partial charge in [0, 0.05) is 18.0 Å². The first-order valence-corrected chi connectivity index (χ1v) is 9.41. The summed E-state index contributed by atoms with van der Waals surface area (Å²) in [5.41, 5.74) is 7.08. The molecule has 2 amide bonds. The molecule has 0 saturated carbocycles. The molecule has 2 heterocycles. The first-order valence-electron chi connectivity index (χ1n) is 9.41. The maximum atomic E-state index is 12.2. The molecule has 144 valence electrons. The van der Waals surface area contributed by atoms with Crippen molar-refractivity contribution in [2.75, 3.05) is 19.6 Å². The van der Waals surface area contributed by atoms with Crippen LogP contribution in [-0.4, -0.2) is 41.3 Å². The molecule has 1 aromatic heterocycles. The molecule has 1 aliphatic rings. The molecule has 7 nitrogen and oxygen atoms in total. The largest absolute Gasteiger partial charge is 0.440 e. The summed E-state index contributed by atoms with van der Waals surface area (Å²) in [6, 6.07) is 16.5. The fourth-order valence-corrected chi connectivity index (χ4v) is 3.50. The molecule has 1 unspecified atom stereocenters. The van der Waals surface area contributed by atoms with Gasteiger partial charge in [0.15, 0.2) is 11.5 Å². The number of hydrazine groups is 1. The highest BCUT2D eigenvalue weighted by molar-refractivity contribution is 5.95. The number of nitrogens with one attached hydrogen (secondary N) is 2. The third kappa shape index (κ3) is 4.20. The van der Waals surface area contributed by atoms with Crippen molar-refractivity contribution in [3.63, 3.8) is 0 Å². The number of aromatic nitrogens is 1. The van der Waals surface area contributed by atoms with Crippen molar-refractivity contribution in [1.29, 1.82) is 0 Å². The van der Waals surface area contributed by atoms with E-state index in [0.29, 0.717) is 12.1 Å². The van der Waals surface area contributed by atoms with Crippen molar-refractivity contribution in [2.45, 2.75) is 18.8 Å². The number of amides is 2. The van der Waals surface area contributed by atoms with E-state index in [1.165, 1.54) is 0 Å². The second-order valence-electron chi connectivity index (χ2n) is 6.96. The normalized spacial score (nSPS) is 17.4. The summed E-state index contributed by atoms with van der Waals surface area (Å²) in [7, 11) is 0. The summed E-state index contributed by atoms with van der Waals surface area (Å²) in [6.07, 6.45) is 1.95. The lowest BCUT2D eigenvalue weighted by molar-refractivity contribution is -0.123. The number of fused-ring (bicyclic) bond motifs is 1. The van der Waals surface area contributed by atoms with Crippen LogP contribution < -0.4 is 10.9 Å². The second kappa shape index (κ2) is 8.22. The molecule has 0 aliphatic carbocycles. The van der Waals surface area contributed by atoms with Crippen LogP contribution in [0, 0.1) is 0 Å². The van der Waals surface area contributed by atoms with Crippen molar-refractivity contribution in [3.8, 4) is 0 Å². The van der Waals surface area contributed by atoms with Gasteiger partial charge in [-0.3, -0.25) is 25.3 Å². The monoisotopic (exact) mass is 378 g/mol. The van der Waals surface area contributed by atoms with E-state index >= 15 is 0 Å². The van der Waals surface area contributed by atoms with Crippen LogP contribution in [0.4, 0.5) is 0 Å². The highest BCUT2D eigenvalue weighted by Crippen LogP contribution is 2.28. The van der Waals surface area contributed by atoms with Crippen LogP contribution in [0.15, 0.2) is 59.0 Å². The van der Waals surface area contributed by atoms with E-state index in [-0.39, 0.29) is 24.3 Å². The number of hydrogen-bond acceptors (Lipinski definition) is 5. The molecular weight excluding hydrogens is 356 g/mol. The lowest BCUT2D eigenvalue weighted by atomic mass is 9.98. The Hall–Kier alpha value is -3.19. The fraction of sp³-hybridized carbons (Fsp3) is 0.286.